The Kier molecular flexibility index (Phi) is 7.45. The smallest absolute Gasteiger partial charge is 0.368 e. The van der Waals surface area contributed by atoms with Crippen LogP contribution in [-0.2, 0) is 34.1 Å². The van der Waals surface area contributed by atoms with Crippen molar-refractivity contribution in [1.82, 2.24) is 14.9 Å². The van der Waals surface area contributed by atoms with E-state index in [-0.39, 0.29) is 30.8 Å². The normalized spacial score (nSPS) is 15.6. The molecule has 3 aromatic rings. The topological polar surface area (TPSA) is 102 Å². The molecule has 0 atom stereocenters. The molecule has 0 radical (unpaired) electrons. The average Bonchev–Trinajstić information content (AvgIpc) is 3.37. The lowest BCUT2D eigenvalue weighted by Crippen LogP contribution is -2.48. The molecule has 5 rings (SSSR count). The first-order valence-corrected chi connectivity index (χ1v) is 14.8. The number of piperazine rings is 1. The molecule has 0 saturated carbocycles. The lowest BCUT2D eigenvalue weighted by atomic mass is 10.1. The van der Waals surface area contributed by atoms with Gasteiger partial charge in [-0.1, -0.05) is 12.1 Å². The van der Waals surface area contributed by atoms with Gasteiger partial charge in [0.1, 0.15) is 11.4 Å². The molecule has 1 aromatic heterocycles. The second kappa shape index (κ2) is 10.7. The van der Waals surface area contributed by atoms with Gasteiger partial charge in [0.25, 0.3) is 0 Å². The zero-order valence-electron chi connectivity index (χ0n) is 22.8. The number of benzene rings is 2. The number of alkyl halides is 3. The van der Waals surface area contributed by atoms with E-state index in [1.54, 1.807) is 42.2 Å². The van der Waals surface area contributed by atoms with Crippen LogP contribution in [0.25, 0.3) is 0 Å². The second-order valence-electron chi connectivity index (χ2n) is 10.1. The Balaban J connectivity index is 1.37. The number of nitrogens with zero attached hydrogens (tertiary/aromatic N) is 6. The van der Waals surface area contributed by atoms with E-state index in [1.807, 2.05) is 12.1 Å². The fourth-order valence-electron chi connectivity index (χ4n) is 5.07. The monoisotopic (exact) mass is 589 g/mol. The van der Waals surface area contributed by atoms with Crippen molar-refractivity contribution in [3.8, 4) is 0 Å². The van der Waals surface area contributed by atoms with Gasteiger partial charge >= 0.3 is 6.18 Å². The van der Waals surface area contributed by atoms with Crippen LogP contribution in [0.1, 0.15) is 23.6 Å². The first-order valence-electron chi connectivity index (χ1n) is 12.9. The SMILES string of the molecule is CC(=O)N1CCN(c2ccc(Nc3ncc(C(F)(F)F)c(N4Cc5cccc(N(C)S(C)(=O)=O)c5C4)n3)cc2)CC1. The molecule has 1 amide bonds. The van der Waals surface area contributed by atoms with Crippen LogP contribution in [0.5, 0.6) is 0 Å². The molecule has 1 saturated heterocycles. The maximum atomic E-state index is 14.0. The highest BCUT2D eigenvalue weighted by molar-refractivity contribution is 7.92. The van der Waals surface area contributed by atoms with Crippen LogP contribution >= 0.6 is 0 Å². The first kappa shape index (κ1) is 28.5. The summed E-state index contributed by atoms with van der Waals surface area (Å²) < 4.78 is 67.4. The third kappa shape index (κ3) is 6.01. The van der Waals surface area contributed by atoms with Gasteiger partial charge in [-0.3, -0.25) is 9.10 Å². The van der Waals surface area contributed by atoms with E-state index in [1.165, 1.54) is 11.9 Å². The Hall–Kier alpha value is -4.07. The number of aromatic nitrogens is 2. The van der Waals surface area contributed by atoms with Gasteiger partial charge in [0.2, 0.25) is 21.9 Å². The van der Waals surface area contributed by atoms with Gasteiger partial charge in [-0.25, -0.2) is 13.4 Å². The average molecular weight is 590 g/mol. The molecule has 1 N–H and O–H groups in total. The molecule has 2 aromatic carbocycles. The molecule has 0 spiro atoms. The van der Waals surface area contributed by atoms with Crippen LogP contribution in [0.2, 0.25) is 0 Å². The molecule has 2 aliphatic rings. The van der Waals surface area contributed by atoms with Crippen LogP contribution in [-0.4, -0.2) is 68.7 Å². The van der Waals surface area contributed by atoms with Crippen molar-refractivity contribution < 1.29 is 26.4 Å². The first-order chi connectivity index (χ1) is 19.3. The Morgan fingerprint density at radius 2 is 1.68 bits per heavy atom. The van der Waals surface area contributed by atoms with E-state index < -0.39 is 21.8 Å². The molecular formula is C27H30F3N7O3S. The summed E-state index contributed by atoms with van der Waals surface area (Å²) in [5.74, 6) is -0.237. The van der Waals surface area contributed by atoms with E-state index >= 15 is 0 Å². The summed E-state index contributed by atoms with van der Waals surface area (Å²) in [6.07, 6.45) is -2.85. The number of rotatable bonds is 6. The summed E-state index contributed by atoms with van der Waals surface area (Å²) in [4.78, 5) is 25.2. The summed E-state index contributed by atoms with van der Waals surface area (Å²) in [5.41, 5.74) is 2.35. The van der Waals surface area contributed by atoms with Crippen molar-refractivity contribution >= 4 is 44.8 Å². The van der Waals surface area contributed by atoms with Gasteiger partial charge in [0, 0.05) is 76.4 Å². The van der Waals surface area contributed by atoms with Gasteiger partial charge in [-0.05, 0) is 35.9 Å². The summed E-state index contributed by atoms with van der Waals surface area (Å²) in [7, 11) is -2.15. The number of fused-ring (bicyclic) bond motifs is 1. The lowest BCUT2D eigenvalue weighted by molar-refractivity contribution is -0.137. The molecule has 218 valence electrons. The number of halogens is 3. The summed E-state index contributed by atoms with van der Waals surface area (Å²) in [6, 6.07) is 12.5. The number of hydrogen-bond acceptors (Lipinski definition) is 8. The molecule has 0 bridgehead atoms. The Morgan fingerprint density at radius 3 is 2.29 bits per heavy atom. The van der Waals surface area contributed by atoms with E-state index in [0.29, 0.717) is 43.1 Å². The summed E-state index contributed by atoms with van der Waals surface area (Å²) >= 11 is 0. The number of nitrogens with one attached hydrogen (secondary N) is 1. The highest BCUT2D eigenvalue weighted by Gasteiger charge is 2.38. The largest absolute Gasteiger partial charge is 0.421 e. The molecule has 0 unspecified atom stereocenters. The number of anilines is 5. The number of hydrogen-bond donors (Lipinski definition) is 1. The van der Waals surface area contributed by atoms with E-state index in [2.05, 4.69) is 20.2 Å². The van der Waals surface area contributed by atoms with Gasteiger partial charge < -0.3 is 20.0 Å². The van der Waals surface area contributed by atoms with E-state index in [4.69, 9.17) is 0 Å². The van der Waals surface area contributed by atoms with Gasteiger partial charge in [0.05, 0.1) is 11.9 Å². The van der Waals surface area contributed by atoms with Crippen molar-refractivity contribution in [3.63, 3.8) is 0 Å². The van der Waals surface area contributed by atoms with Crippen LogP contribution in [0.3, 0.4) is 0 Å². The van der Waals surface area contributed by atoms with E-state index in [9.17, 15) is 26.4 Å². The van der Waals surface area contributed by atoms with Gasteiger partial charge in [0.15, 0.2) is 0 Å². The van der Waals surface area contributed by atoms with Gasteiger partial charge in [-0.15, -0.1) is 0 Å². The zero-order chi connectivity index (χ0) is 29.5. The standard InChI is InChI=1S/C27H30F3N7O3S/c1-18(38)35-11-13-36(14-12-35)21-9-7-20(8-10-21)32-26-31-15-23(27(28,29)30)25(33-26)37-16-19-5-4-6-24(22(19)17-37)34(2)41(3,39)40/h4-10,15H,11-14,16-17H2,1-3H3,(H,31,32,33). The lowest BCUT2D eigenvalue weighted by Gasteiger charge is -2.35. The predicted molar refractivity (Wildman–Crippen MR) is 151 cm³/mol. The van der Waals surface area contributed by atoms with Crippen molar-refractivity contribution in [3.05, 3.63) is 65.4 Å². The minimum atomic E-state index is -4.69. The number of sulfonamides is 1. The fourth-order valence-corrected chi connectivity index (χ4v) is 5.59. The minimum absolute atomic E-state index is 0.000237. The van der Waals surface area contributed by atoms with Crippen molar-refractivity contribution in [2.75, 3.05) is 58.9 Å². The van der Waals surface area contributed by atoms with Crippen LogP contribution in [0, 0.1) is 0 Å². The van der Waals surface area contributed by atoms with Crippen molar-refractivity contribution in [1.29, 1.82) is 0 Å². The number of carbonyl (C=O) groups is 1. The summed E-state index contributed by atoms with van der Waals surface area (Å²) in [5, 5.41) is 2.99. The molecule has 10 nitrogen and oxygen atoms in total. The highest BCUT2D eigenvalue weighted by atomic mass is 32.2. The Morgan fingerprint density at radius 1 is 1.00 bits per heavy atom. The molecule has 14 heteroatoms. The van der Waals surface area contributed by atoms with Crippen molar-refractivity contribution in [2.45, 2.75) is 26.2 Å². The Labute approximate surface area is 236 Å². The van der Waals surface area contributed by atoms with Crippen LogP contribution < -0.4 is 19.4 Å². The maximum absolute atomic E-state index is 14.0. The Bertz CT molecular complexity index is 1560. The van der Waals surface area contributed by atoms with Gasteiger partial charge in [-0.2, -0.15) is 18.2 Å². The zero-order valence-corrected chi connectivity index (χ0v) is 23.6. The molecule has 0 aliphatic carbocycles. The third-order valence-corrected chi connectivity index (χ3v) is 8.57. The quantitative estimate of drug-likeness (QED) is 0.463. The third-order valence-electron chi connectivity index (χ3n) is 7.38. The minimum Gasteiger partial charge on any atom is -0.368 e. The molecule has 1 fully saturated rings. The molecular weight excluding hydrogens is 559 g/mol. The van der Waals surface area contributed by atoms with E-state index in [0.717, 1.165) is 28.0 Å². The molecule has 41 heavy (non-hydrogen) atoms. The number of amides is 1. The van der Waals surface area contributed by atoms with Crippen molar-refractivity contribution in [2.24, 2.45) is 0 Å². The summed E-state index contributed by atoms with van der Waals surface area (Å²) in [6.45, 7) is 4.44. The predicted octanol–water partition coefficient (Wildman–Crippen LogP) is 3.82. The highest BCUT2D eigenvalue weighted by Crippen LogP contribution is 2.40. The second-order valence-corrected chi connectivity index (χ2v) is 12.1. The maximum Gasteiger partial charge on any atom is 0.421 e. The van der Waals surface area contributed by atoms with Crippen LogP contribution in [0.15, 0.2) is 48.7 Å². The number of carbonyl (C=O) groups excluding carboxylic acids is 1. The fraction of sp³-hybridized carbons (Fsp3) is 0.370. The molecule has 3 heterocycles. The molecule has 2 aliphatic heterocycles. The van der Waals surface area contributed by atoms with Crippen LogP contribution in [0.4, 0.5) is 42.0 Å².